The minimum atomic E-state index is -0.0748. The van der Waals surface area contributed by atoms with Gasteiger partial charge < -0.3 is 25.3 Å². The predicted octanol–water partition coefficient (Wildman–Crippen LogP) is 2.54. The van der Waals surface area contributed by atoms with E-state index in [4.69, 9.17) is 4.74 Å². The SMILES string of the molecule is CC(Oc1cc(-c2ccc(N3CCNCC3)cc2)cc2[nH]cnc12)C1CNC(=O)C1. The van der Waals surface area contributed by atoms with Gasteiger partial charge in [-0.05, 0) is 42.3 Å². The Kier molecular flexibility index (Phi) is 5.04. The van der Waals surface area contributed by atoms with Gasteiger partial charge in [0.05, 0.1) is 11.8 Å². The molecule has 30 heavy (non-hydrogen) atoms. The zero-order valence-electron chi connectivity index (χ0n) is 17.1. The number of anilines is 1. The van der Waals surface area contributed by atoms with Gasteiger partial charge in [0.2, 0.25) is 5.91 Å². The smallest absolute Gasteiger partial charge is 0.220 e. The lowest BCUT2D eigenvalue weighted by Gasteiger charge is -2.29. The van der Waals surface area contributed by atoms with Crippen molar-refractivity contribution in [2.45, 2.75) is 19.4 Å². The molecular weight excluding hydrogens is 378 g/mol. The second kappa shape index (κ2) is 7.99. The molecule has 3 aromatic rings. The van der Waals surface area contributed by atoms with E-state index in [1.165, 1.54) is 5.69 Å². The van der Waals surface area contributed by atoms with Gasteiger partial charge in [-0.3, -0.25) is 4.79 Å². The number of hydrogen-bond donors (Lipinski definition) is 3. The van der Waals surface area contributed by atoms with Gasteiger partial charge in [-0.1, -0.05) is 12.1 Å². The summed E-state index contributed by atoms with van der Waals surface area (Å²) in [6.45, 7) is 6.81. The molecule has 2 fully saturated rings. The van der Waals surface area contributed by atoms with Crippen LogP contribution in [0.3, 0.4) is 0 Å². The van der Waals surface area contributed by atoms with Crippen molar-refractivity contribution in [3.05, 3.63) is 42.7 Å². The Hall–Kier alpha value is -3.06. The number of piperazine rings is 1. The Labute approximate surface area is 175 Å². The Morgan fingerprint density at radius 1 is 1.13 bits per heavy atom. The van der Waals surface area contributed by atoms with Crippen LogP contribution in [-0.4, -0.2) is 54.7 Å². The molecule has 2 atom stereocenters. The van der Waals surface area contributed by atoms with Gasteiger partial charge in [-0.2, -0.15) is 0 Å². The van der Waals surface area contributed by atoms with E-state index >= 15 is 0 Å². The van der Waals surface area contributed by atoms with E-state index in [1.807, 2.05) is 6.92 Å². The van der Waals surface area contributed by atoms with Crippen molar-refractivity contribution in [2.75, 3.05) is 37.6 Å². The number of benzene rings is 2. The maximum Gasteiger partial charge on any atom is 0.220 e. The van der Waals surface area contributed by atoms with Crippen LogP contribution in [0.25, 0.3) is 22.2 Å². The van der Waals surface area contributed by atoms with Crippen LogP contribution in [0.4, 0.5) is 5.69 Å². The highest BCUT2D eigenvalue weighted by Gasteiger charge is 2.28. The molecule has 0 aliphatic carbocycles. The highest BCUT2D eigenvalue weighted by molar-refractivity contribution is 5.87. The lowest BCUT2D eigenvalue weighted by atomic mass is 10.0. The molecule has 3 N–H and O–H groups in total. The van der Waals surface area contributed by atoms with Crippen molar-refractivity contribution in [3.63, 3.8) is 0 Å². The summed E-state index contributed by atoms with van der Waals surface area (Å²) in [6.07, 6.45) is 2.13. The van der Waals surface area contributed by atoms with Crippen LogP contribution in [0.1, 0.15) is 13.3 Å². The van der Waals surface area contributed by atoms with Crippen molar-refractivity contribution >= 4 is 22.6 Å². The van der Waals surface area contributed by atoms with Gasteiger partial charge >= 0.3 is 0 Å². The number of nitrogens with zero attached hydrogens (tertiary/aromatic N) is 2. The molecule has 0 spiro atoms. The first kappa shape index (κ1) is 18.9. The normalized spacial score (nSPS) is 20.4. The Morgan fingerprint density at radius 2 is 1.93 bits per heavy atom. The number of rotatable bonds is 5. The van der Waals surface area contributed by atoms with E-state index in [2.05, 4.69) is 61.9 Å². The van der Waals surface area contributed by atoms with Gasteiger partial charge in [0.1, 0.15) is 17.4 Å². The summed E-state index contributed by atoms with van der Waals surface area (Å²) in [7, 11) is 0. The molecule has 7 heteroatoms. The van der Waals surface area contributed by atoms with Gasteiger partial charge in [-0.15, -0.1) is 0 Å². The van der Waals surface area contributed by atoms with Crippen LogP contribution in [0.2, 0.25) is 0 Å². The molecule has 2 saturated heterocycles. The molecule has 2 aromatic carbocycles. The average molecular weight is 406 g/mol. The van der Waals surface area contributed by atoms with E-state index in [0.29, 0.717) is 13.0 Å². The molecule has 2 aliphatic heterocycles. The number of nitrogens with one attached hydrogen (secondary N) is 3. The van der Waals surface area contributed by atoms with Crippen molar-refractivity contribution in [1.29, 1.82) is 0 Å². The Morgan fingerprint density at radius 3 is 2.67 bits per heavy atom. The van der Waals surface area contributed by atoms with E-state index < -0.39 is 0 Å². The largest absolute Gasteiger partial charge is 0.488 e. The molecule has 2 unspecified atom stereocenters. The fourth-order valence-corrected chi connectivity index (χ4v) is 4.32. The molecule has 1 aromatic heterocycles. The lowest BCUT2D eigenvalue weighted by Crippen LogP contribution is -2.43. The quantitative estimate of drug-likeness (QED) is 0.608. The molecule has 0 bridgehead atoms. The molecule has 0 radical (unpaired) electrons. The maximum absolute atomic E-state index is 11.6. The molecule has 3 heterocycles. The maximum atomic E-state index is 11.6. The number of aromatic amines is 1. The number of hydrogen-bond acceptors (Lipinski definition) is 5. The van der Waals surface area contributed by atoms with Gasteiger partial charge in [-0.25, -0.2) is 4.98 Å². The highest BCUT2D eigenvalue weighted by Crippen LogP contribution is 2.33. The van der Waals surface area contributed by atoms with Gasteiger partial charge in [0, 0.05) is 50.7 Å². The molecule has 5 rings (SSSR count). The second-order valence-electron chi connectivity index (χ2n) is 8.15. The van der Waals surface area contributed by atoms with Crippen LogP contribution >= 0.6 is 0 Å². The summed E-state index contributed by atoms with van der Waals surface area (Å²) < 4.78 is 6.31. The molecule has 156 valence electrons. The van der Waals surface area contributed by atoms with Crippen LogP contribution in [-0.2, 0) is 4.79 Å². The number of aromatic nitrogens is 2. The minimum absolute atomic E-state index is 0.0748. The van der Waals surface area contributed by atoms with Crippen LogP contribution in [0.5, 0.6) is 5.75 Å². The third-order valence-corrected chi connectivity index (χ3v) is 6.16. The first-order chi connectivity index (χ1) is 14.7. The number of ether oxygens (including phenoxy) is 1. The minimum Gasteiger partial charge on any atom is -0.488 e. The number of carbonyl (C=O) groups excluding carboxylic acids is 1. The van der Waals surface area contributed by atoms with Crippen LogP contribution < -0.4 is 20.3 Å². The van der Waals surface area contributed by atoms with Crippen molar-refractivity contribution in [3.8, 4) is 16.9 Å². The van der Waals surface area contributed by atoms with Gasteiger partial charge in [0.25, 0.3) is 0 Å². The van der Waals surface area contributed by atoms with E-state index in [-0.39, 0.29) is 17.9 Å². The first-order valence-corrected chi connectivity index (χ1v) is 10.6. The molecule has 1 amide bonds. The third kappa shape index (κ3) is 3.73. The average Bonchev–Trinajstić information content (AvgIpc) is 3.43. The predicted molar refractivity (Wildman–Crippen MR) is 118 cm³/mol. The van der Waals surface area contributed by atoms with Gasteiger partial charge in [0.15, 0.2) is 0 Å². The summed E-state index contributed by atoms with van der Waals surface area (Å²) in [5.41, 5.74) is 5.25. The summed E-state index contributed by atoms with van der Waals surface area (Å²) in [4.78, 5) is 21.6. The number of carbonyl (C=O) groups is 1. The Balaban J connectivity index is 1.41. The van der Waals surface area contributed by atoms with Crippen molar-refractivity contribution < 1.29 is 9.53 Å². The summed E-state index contributed by atoms with van der Waals surface area (Å²) >= 11 is 0. The Bertz CT molecular complexity index is 1040. The summed E-state index contributed by atoms with van der Waals surface area (Å²) in [5.74, 6) is 1.02. The molecular formula is C23H27N5O2. The summed E-state index contributed by atoms with van der Waals surface area (Å²) in [5, 5.41) is 6.28. The molecule has 0 saturated carbocycles. The lowest BCUT2D eigenvalue weighted by molar-refractivity contribution is -0.119. The fraction of sp³-hybridized carbons (Fsp3) is 0.391. The van der Waals surface area contributed by atoms with Crippen molar-refractivity contribution in [2.24, 2.45) is 5.92 Å². The van der Waals surface area contributed by atoms with E-state index in [9.17, 15) is 4.79 Å². The number of fused-ring (bicyclic) bond motifs is 1. The fourth-order valence-electron chi connectivity index (χ4n) is 4.32. The first-order valence-electron chi connectivity index (χ1n) is 10.6. The monoisotopic (exact) mass is 405 g/mol. The standard InChI is InChI=1S/C23H27N5O2/c1-15(18-12-22(29)25-13-18)30-21-11-17(10-20-23(21)27-14-26-20)16-2-4-19(5-3-16)28-8-6-24-7-9-28/h2-5,10-11,14-15,18,24H,6-9,12-13H2,1H3,(H,25,29)(H,26,27). The molecule has 2 aliphatic rings. The molecule has 7 nitrogen and oxygen atoms in total. The zero-order valence-corrected chi connectivity index (χ0v) is 17.1. The number of H-pyrrole nitrogens is 1. The topological polar surface area (TPSA) is 82.3 Å². The summed E-state index contributed by atoms with van der Waals surface area (Å²) in [6, 6.07) is 12.9. The van der Waals surface area contributed by atoms with E-state index in [0.717, 1.165) is 54.1 Å². The highest BCUT2D eigenvalue weighted by atomic mass is 16.5. The number of imidazole rings is 1. The second-order valence-corrected chi connectivity index (χ2v) is 8.15. The zero-order chi connectivity index (χ0) is 20.5. The van der Waals surface area contributed by atoms with Crippen LogP contribution in [0.15, 0.2) is 42.7 Å². The van der Waals surface area contributed by atoms with Crippen LogP contribution in [0, 0.1) is 5.92 Å². The van der Waals surface area contributed by atoms with E-state index in [1.54, 1.807) is 6.33 Å². The number of amides is 1. The van der Waals surface area contributed by atoms with Crippen molar-refractivity contribution in [1.82, 2.24) is 20.6 Å². The third-order valence-electron chi connectivity index (χ3n) is 6.16.